The molecule has 9 atom stereocenters. The number of fused-ring (bicyclic) bond motifs is 3. The van der Waals surface area contributed by atoms with Gasteiger partial charge in [-0.3, -0.25) is 44.1 Å². The number of ketones is 2. The number of nitrogens with two attached hydrogens (primary N) is 2. The maximum absolute atomic E-state index is 15.6. The number of aliphatic imine (C=N–C) groups is 3. The highest BCUT2D eigenvalue weighted by Crippen LogP contribution is 2.52. The molecule has 0 fully saturated rings. The molecular formula is C75H97F3N10O9S3. The third kappa shape index (κ3) is 14.1. The molecule has 19 nitrogen and oxygen atoms in total. The molecule has 0 aliphatic carbocycles. The maximum atomic E-state index is 15.6. The predicted octanol–water partition coefficient (Wildman–Crippen LogP) is 13.4. The zero-order valence-electron chi connectivity index (χ0n) is 61.1. The number of halogens is 3. The maximum Gasteiger partial charge on any atom is 0.312 e. The lowest BCUT2D eigenvalue weighted by Crippen LogP contribution is -2.58. The molecule has 11 rings (SSSR count). The van der Waals surface area contributed by atoms with Gasteiger partial charge in [0, 0.05) is 78.7 Å². The molecule has 100 heavy (non-hydrogen) atoms. The van der Waals surface area contributed by atoms with Crippen molar-refractivity contribution in [3.8, 4) is 0 Å². The fraction of sp³-hybridized carbons (Fsp3) is 0.533. The summed E-state index contributed by atoms with van der Waals surface area (Å²) < 4.78 is 110. The number of ether oxygens (including phenoxy) is 2. The lowest BCUT2D eigenvalue weighted by atomic mass is 9.84. The molecule has 0 radical (unpaired) electrons. The summed E-state index contributed by atoms with van der Waals surface area (Å²) in [5.41, 5.74) is 14.9. The highest BCUT2D eigenvalue weighted by molar-refractivity contribution is 7.97. The molecule has 2 aromatic heterocycles. The van der Waals surface area contributed by atoms with Crippen molar-refractivity contribution in [2.24, 2.45) is 33.8 Å². The average Bonchev–Trinajstić information content (AvgIpc) is 1.35. The number of hydrogen-bond acceptors (Lipinski definition) is 19. The summed E-state index contributed by atoms with van der Waals surface area (Å²) in [4.78, 5) is 74.6. The fourth-order valence-corrected chi connectivity index (χ4v) is 24.5. The van der Waals surface area contributed by atoms with Crippen LogP contribution < -0.4 is 11.5 Å². The molecule has 0 saturated heterocycles. The predicted molar refractivity (Wildman–Crippen MR) is 390 cm³/mol. The van der Waals surface area contributed by atoms with E-state index in [1.807, 2.05) is 39.8 Å². The van der Waals surface area contributed by atoms with Crippen LogP contribution >= 0.6 is 0 Å². The van der Waals surface area contributed by atoms with Crippen molar-refractivity contribution in [3.63, 3.8) is 0 Å². The largest absolute Gasteiger partial charge is 0.460 e. The zero-order valence-corrected chi connectivity index (χ0v) is 63.5. The monoisotopic (exact) mass is 1430 g/mol. The zero-order chi connectivity index (χ0) is 74.3. The fourth-order valence-electron chi connectivity index (χ4n) is 14.8. The number of nitrogens with zero attached hydrogens (tertiary/aromatic N) is 8. The van der Waals surface area contributed by atoms with Crippen LogP contribution in [0.3, 0.4) is 0 Å². The Balaban J connectivity index is 0.000000177. The molecule has 0 unspecified atom stereocenters. The second-order valence-electron chi connectivity index (χ2n) is 31.1. The first-order valence-electron chi connectivity index (χ1n) is 33.8. The van der Waals surface area contributed by atoms with Gasteiger partial charge in [0.1, 0.15) is 67.2 Å². The molecule has 4 N–H and O–H groups in total. The van der Waals surface area contributed by atoms with E-state index in [1.165, 1.54) is 24.3 Å². The first-order valence-corrected chi connectivity index (χ1v) is 38.5. The van der Waals surface area contributed by atoms with Gasteiger partial charge in [-0.25, -0.2) is 38.9 Å². The first-order chi connectivity index (χ1) is 46.1. The van der Waals surface area contributed by atoms with Crippen LogP contribution in [0, 0.1) is 45.1 Å². The van der Waals surface area contributed by atoms with Gasteiger partial charge in [0.15, 0.2) is 11.6 Å². The smallest absolute Gasteiger partial charge is 0.312 e. The number of aromatic nitrogens is 2. The Hall–Kier alpha value is -7.51. The quantitative estimate of drug-likeness (QED) is 0.0630. The summed E-state index contributed by atoms with van der Waals surface area (Å²) in [7, 11) is -8.51. The normalized spacial score (nSPS) is 28.2. The molecule has 0 saturated carbocycles. The Kier molecular flexibility index (Phi) is 20.7. The van der Waals surface area contributed by atoms with Gasteiger partial charge in [-0.1, -0.05) is 24.3 Å². The second-order valence-corrected chi connectivity index (χ2v) is 40.1. The summed E-state index contributed by atoms with van der Waals surface area (Å²) in [6.07, 6.45) is 4.71. The van der Waals surface area contributed by atoms with E-state index in [9.17, 15) is 36.2 Å². The van der Waals surface area contributed by atoms with E-state index in [0.29, 0.717) is 84.1 Å². The molecule has 0 spiro atoms. The highest BCUT2D eigenvalue weighted by Gasteiger charge is 2.60. The van der Waals surface area contributed by atoms with Crippen molar-refractivity contribution in [2.75, 3.05) is 25.4 Å². The molecule has 0 amide bonds. The molecule has 5 aromatic rings. The van der Waals surface area contributed by atoms with E-state index >= 15 is 8.78 Å². The first kappa shape index (κ1) is 76.7. The lowest BCUT2D eigenvalue weighted by molar-refractivity contribution is -0.154. The van der Waals surface area contributed by atoms with E-state index in [-0.39, 0.29) is 54.2 Å². The summed E-state index contributed by atoms with van der Waals surface area (Å²) in [6.45, 7) is 35.5. The van der Waals surface area contributed by atoms with Gasteiger partial charge in [-0.15, -0.1) is 0 Å². The lowest BCUT2D eigenvalue weighted by Gasteiger charge is -2.46. The number of anilines is 1. The van der Waals surface area contributed by atoms with Crippen molar-refractivity contribution < 1.29 is 54.4 Å². The molecular weight excluding hydrogens is 1340 g/mol. The van der Waals surface area contributed by atoms with Crippen molar-refractivity contribution in [1.82, 2.24) is 9.97 Å². The number of hydrogen-bond donors (Lipinski definition) is 2. The van der Waals surface area contributed by atoms with Gasteiger partial charge in [0.05, 0.1) is 67.3 Å². The minimum atomic E-state index is -2.93. The van der Waals surface area contributed by atoms with E-state index in [0.717, 1.165) is 22.3 Å². The van der Waals surface area contributed by atoms with Gasteiger partial charge in [0.2, 0.25) is 0 Å². The Labute approximate surface area is 588 Å². The van der Waals surface area contributed by atoms with Gasteiger partial charge in [0.25, 0.3) is 0 Å². The molecule has 6 aliphatic heterocycles. The average molecular weight is 1440 g/mol. The summed E-state index contributed by atoms with van der Waals surface area (Å²) in [6, 6.07) is 17.3. The Morgan fingerprint density at radius 1 is 0.480 bits per heavy atom. The number of nitrogen functional groups attached to an aromatic ring is 1. The number of esters is 2. The number of pyridine rings is 2. The molecule has 6 aliphatic rings. The van der Waals surface area contributed by atoms with Crippen molar-refractivity contribution in [1.29, 1.82) is 0 Å². The van der Waals surface area contributed by atoms with Gasteiger partial charge >= 0.3 is 11.9 Å². The van der Waals surface area contributed by atoms with Crippen LogP contribution in [-0.4, -0.2) is 124 Å². The third-order valence-electron chi connectivity index (χ3n) is 20.2. The number of aryl methyl sites for hydroxylation is 4. The number of rotatable bonds is 13. The van der Waals surface area contributed by atoms with Crippen LogP contribution in [0.5, 0.6) is 0 Å². The van der Waals surface area contributed by atoms with Crippen LogP contribution in [0.1, 0.15) is 207 Å². The van der Waals surface area contributed by atoms with Crippen LogP contribution in [0.15, 0.2) is 107 Å². The minimum absolute atomic E-state index is 0.0324. The van der Waals surface area contributed by atoms with Gasteiger partial charge < -0.3 is 20.9 Å². The standard InChI is InChI=1S/C30H38FN3O4S.C24H29FN4O2S.C21H30FN3O3S/c1-18-13-19(2)27(32-17-18)23(35)15-20-9-10-22(31)21(14-20)30(8)25-11-12-33-39(25,37)29(6,7)24(34-30)16-26(36)38-28(3,4)5;1-14-10-15(2)21(27-13-14)19(30)12-16-6-7-18(25)17(11-16)24(5)20-8-9-28-32(20,31)23(3,4)22(26)29-24;1-19(2,3)28-18(26)12-16-20(4,5)29(27)17(9-10-24-29)21(6,25-16)14-11-13(23)7-8-15(14)22/h9-10,13-14,17,25H,11-12,15-16H2,1-8H3;6-7,10-11,13,20H,8-9,12H2,1-5H3,(H2,26,29);7-8,11,17H,9-10,12,23H2,1-6H3/t25-,30+,39+;20-,24+,32+;17-,21+,29+/m000/s1. The number of Topliss-reactive ketones (excluding diaryl/α,β-unsaturated/α-hetero) is 2. The summed E-state index contributed by atoms with van der Waals surface area (Å²) in [5.74, 6) is -2.48. The molecule has 3 aromatic carbocycles. The van der Waals surface area contributed by atoms with E-state index in [4.69, 9.17) is 35.9 Å². The third-order valence-corrected chi connectivity index (χ3v) is 31.4. The Morgan fingerprint density at radius 2 is 0.810 bits per heavy atom. The second kappa shape index (κ2) is 27.0. The molecule has 25 heteroatoms. The number of carbonyl (C=O) groups excluding carboxylic acids is 4. The van der Waals surface area contributed by atoms with Crippen LogP contribution in [0.4, 0.5) is 18.9 Å². The topological polar surface area (TPSA) is 290 Å². The number of carbonyl (C=O) groups is 4. The molecule has 0 bridgehead atoms. The van der Waals surface area contributed by atoms with E-state index in [2.05, 4.69) is 23.1 Å². The number of amidine groups is 1. The van der Waals surface area contributed by atoms with Crippen LogP contribution in [0.2, 0.25) is 0 Å². The molecule has 540 valence electrons. The van der Waals surface area contributed by atoms with Gasteiger partial charge in [-0.05, 0) is 227 Å². The SMILES string of the molecule is CC(C)(C)OC(=O)CC1=N[C@](C)(c2cc(N)ccc2F)[C@@H]2CCN=[S@]2(=O)C1(C)C.Cc1cnc(C(=O)Cc2ccc(F)c([C@@]3(C)N=C(CC(=O)OC(C)(C)C)C(C)(C)[S@@]4(=O)=NCC[C@@H]34)c2)c(C)c1.Cc1cnc(C(=O)Cc2ccc(F)c([C@@]3(C)N=C(N)C(C)(C)[S@@]4(=O)=NCC[C@@H]34)c2)c(C)c1. The van der Waals surface area contributed by atoms with Crippen molar-refractivity contribution in [2.45, 2.75) is 234 Å². The van der Waals surface area contributed by atoms with Crippen molar-refractivity contribution >= 4 is 75.6 Å². The van der Waals surface area contributed by atoms with E-state index < -0.39 is 116 Å². The van der Waals surface area contributed by atoms with E-state index in [1.54, 1.807) is 147 Å². The summed E-state index contributed by atoms with van der Waals surface area (Å²) >= 11 is 0. The van der Waals surface area contributed by atoms with Gasteiger partial charge in [-0.2, -0.15) is 0 Å². The Morgan fingerprint density at radius 3 is 1.16 bits per heavy atom. The number of benzene rings is 3. The molecule has 8 heterocycles. The van der Waals surface area contributed by atoms with Crippen LogP contribution in [-0.2, 0) is 77.7 Å². The summed E-state index contributed by atoms with van der Waals surface area (Å²) in [5, 5.41) is -1.48. The van der Waals surface area contributed by atoms with Crippen molar-refractivity contribution in [3.05, 3.63) is 158 Å². The minimum Gasteiger partial charge on any atom is -0.460 e. The van der Waals surface area contributed by atoms with Crippen LogP contribution in [0.25, 0.3) is 0 Å². The Bertz CT molecular complexity index is 4700. The highest BCUT2D eigenvalue weighted by atomic mass is 32.2.